The Morgan fingerprint density at radius 1 is 1.24 bits per heavy atom. The van der Waals surface area contributed by atoms with Gasteiger partial charge in [0.25, 0.3) is 0 Å². The Kier molecular flexibility index (Phi) is 5.71. The Bertz CT molecular complexity index is 454. The van der Waals surface area contributed by atoms with Crippen LogP contribution in [0.2, 0.25) is 0 Å². The SMILES string of the molecule is CNC(CCN1CC(C)CC(C)C1)c1cccc(F)c1F. The van der Waals surface area contributed by atoms with E-state index < -0.39 is 11.6 Å². The summed E-state index contributed by atoms with van der Waals surface area (Å²) in [5.41, 5.74) is 0.426. The van der Waals surface area contributed by atoms with Gasteiger partial charge in [-0.2, -0.15) is 0 Å². The van der Waals surface area contributed by atoms with Crippen molar-refractivity contribution in [1.29, 1.82) is 0 Å². The first-order valence-electron chi connectivity index (χ1n) is 7.84. The standard InChI is InChI=1S/C17H26F2N2/c1-12-9-13(2)11-21(10-12)8-7-16(20-3)14-5-4-6-15(18)17(14)19/h4-6,12-13,16,20H,7-11H2,1-3H3. The summed E-state index contributed by atoms with van der Waals surface area (Å²) in [6.45, 7) is 7.68. The number of nitrogens with zero attached hydrogens (tertiary/aromatic N) is 1. The molecule has 1 N–H and O–H groups in total. The highest BCUT2D eigenvalue weighted by Gasteiger charge is 2.23. The fourth-order valence-corrected chi connectivity index (χ4v) is 3.53. The molecule has 0 amide bonds. The summed E-state index contributed by atoms with van der Waals surface area (Å²) in [6.07, 6.45) is 2.07. The summed E-state index contributed by atoms with van der Waals surface area (Å²) in [7, 11) is 1.80. The van der Waals surface area contributed by atoms with Gasteiger partial charge in [-0.1, -0.05) is 26.0 Å². The van der Waals surface area contributed by atoms with Gasteiger partial charge in [0.1, 0.15) is 0 Å². The van der Waals surface area contributed by atoms with Gasteiger partial charge >= 0.3 is 0 Å². The zero-order valence-electron chi connectivity index (χ0n) is 13.2. The fraction of sp³-hybridized carbons (Fsp3) is 0.647. The van der Waals surface area contributed by atoms with Gasteiger partial charge in [-0.3, -0.25) is 0 Å². The minimum Gasteiger partial charge on any atom is -0.313 e. The van der Waals surface area contributed by atoms with Gasteiger partial charge in [-0.15, -0.1) is 0 Å². The van der Waals surface area contributed by atoms with Crippen molar-refractivity contribution in [3.63, 3.8) is 0 Å². The van der Waals surface area contributed by atoms with Crippen molar-refractivity contribution >= 4 is 0 Å². The van der Waals surface area contributed by atoms with Gasteiger partial charge in [0.05, 0.1) is 0 Å². The molecule has 2 nitrogen and oxygen atoms in total. The first-order chi connectivity index (χ1) is 10.0. The third-order valence-corrected chi connectivity index (χ3v) is 4.38. The lowest BCUT2D eigenvalue weighted by Gasteiger charge is -2.35. The molecule has 1 heterocycles. The van der Waals surface area contributed by atoms with Crippen molar-refractivity contribution < 1.29 is 8.78 Å². The van der Waals surface area contributed by atoms with E-state index in [0.29, 0.717) is 17.4 Å². The maximum absolute atomic E-state index is 13.9. The molecule has 1 aliphatic rings. The second kappa shape index (κ2) is 7.32. The summed E-state index contributed by atoms with van der Waals surface area (Å²) in [4.78, 5) is 2.44. The van der Waals surface area contributed by atoms with Crippen molar-refractivity contribution in [3.8, 4) is 0 Å². The van der Waals surface area contributed by atoms with E-state index in [9.17, 15) is 8.78 Å². The predicted molar refractivity (Wildman–Crippen MR) is 82.2 cm³/mol. The quantitative estimate of drug-likeness (QED) is 0.893. The Labute approximate surface area is 126 Å². The average Bonchev–Trinajstić information content (AvgIpc) is 2.43. The van der Waals surface area contributed by atoms with E-state index in [1.54, 1.807) is 19.2 Å². The molecular weight excluding hydrogens is 270 g/mol. The molecule has 0 bridgehead atoms. The third-order valence-electron chi connectivity index (χ3n) is 4.38. The number of hydrogen-bond donors (Lipinski definition) is 1. The van der Waals surface area contributed by atoms with Crippen molar-refractivity contribution in [2.75, 3.05) is 26.7 Å². The molecule has 4 heteroatoms. The number of nitrogens with one attached hydrogen (secondary N) is 1. The maximum Gasteiger partial charge on any atom is 0.163 e. The monoisotopic (exact) mass is 296 g/mol. The molecule has 118 valence electrons. The lowest BCUT2D eigenvalue weighted by Crippen LogP contribution is -2.40. The molecule has 0 radical (unpaired) electrons. The minimum absolute atomic E-state index is 0.145. The molecule has 3 unspecified atom stereocenters. The van der Waals surface area contributed by atoms with Crippen LogP contribution in [0.3, 0.4) is 0 Å². The van der Waals surface area contributed by atoms with Crippen LogP contribution >= 0.6 is 0 Å². The minimum atomic E-state index is -0.770. The van der Waals surface area contributed by atoms with E-state index in [4.69, 9.17) is 0 Å². The molecule has 1 aromatic rings. The second-order valence-electron chi connectivity index (χ2n) is 6.48. The Morgan fingerprint density at radius 3 is 2.52 bits per heavy atom. The summed E-state index contributed by atoms with van der Waals surface area (Å²) in [6, 6.07) is 4.26. The van der Waals surface area contributed by atoms with E-state index in [0.717, 1.165) is 26.1 Å². The molecule has 0 spiro atoms. The smallest absolute Gasteiger partial charge is 0.163 e. The average molecular weight is 296 g/mol. The van der Waals surface area contributed by atoms with Crippen LogP contribution in [0.5, 0.6) is 0 Å². The van der Waals surface area contributed by atoms with E-state index in [1.165, 1.54) is 12.5 Å². The van der Waals surface area contributed by atoms with Gasteiger partial charge in [-0.25, -0.2) is 8.78 Å². The third kappa shape index (κ3) is 4.24. The number of rotatable bonds is 5. The van der Waals surface area contributed by atoms with Crippen molar-refractivity contribution in [2.45, 2.75) is 32.7 Å². The molecular formula is C17H26F2N2. The van der Waals surface area contributed by atoms with Crippen LogP contribution in [0.15, 0.2) is 18.2 Å². The summed E-state index contributed by atoms with van der Waals surface area (Å²) in [5, 5.41) is 3.12. The van der Waals surface area contributed by atoms with Gasteiger partial charge in [-0.05, 0) is 44.3 Å². The molecule has 1 aromatic carbocycles. The molecule has 3 atom stereocenters. The summed E-state index contributed by atoms with van der Waals surface area (Å²) in [5.74, 6) is -0.0643. The fourth-order valence-electron chi connectivity index (χ4n) is 3.53. The molecule has 0 aliphatic carbocycles. The number of halogens is 2. The van der Waals surface area contributed by atoms with Crippen LogP contribution in [-0.2, 0) is 0 Å². The van der Waals surface area contributed by atoms with Gasteiger partial charge in [0.2, 0.25) is 0 Å². The number of likely N-dealkylation sites (tertiary alicyclic amines) is 1. The van der Waals surface area contributed by atoms with Crippen molar-refractivity contribution in [2.24, 2.45) is 11.8 Å². The molecule has 1 saturated heterocycles. The summed E-state index contributed by atoms with van der Waals surface area (Å²) >= 11 is 0. The molecule has 1 aliphatic heterocycles. The van der Waals surface area contributed by atoms with Gasteiger partial charge in [0, 0.05) is 24.7 Å². The van der Waals surface area contributed by atoms with Crippen LogP contribution in [-0.4, -0.2) is 31.6 Å². The van der Waals surface area contributed by atoms with Gasteiger partial charge < -0.3 is 10.2 Å². The molecule has 21 heavy (non-hydrogen) atoms. The van der Waals surface area contributed by atoms with Crippen LogP contribution < -0.4 is 5.32 Å². The van der Waals surface area contributed by atoms with Crippen LogP contribution in [0.4, 0.5) is 8.78 Å². The Morgan fingerprint density at radius 2 is 1.90 bits per heavy atom. The first-order valence-corrected chi connectivity index (χ1v) is 7.84. The highest BCUT2D eigenvalue weighted by molar-refractivity contribution is 5.22. The number of benzene rings is 1. The lowest BCUT2D eigenvalue weighted by molar-refractivity contribution is 0.135. The van der Waals surface area contributed by atoms with Crippen LogP contribution in [0, 0.1) is 23.5 Å². The van der Waals surface area contributed by atoms with E-state index in [1.807, 2.05) is 0 Å². The number of piperidine rings is 1. The highest BCUT2D eigenvalue weighted by Crippen LogP contribution is 2.25. The lowest BCUT2D eigenvalue weighted by atomic mass is 9.91. The highest BCUT2D eigenvalue weighted by atomic mass is 19.2. The van der Waals surface area contributed by atoms with E-state index in [-0.39, 0.29) is 6.04 Å². The Balaban J connectivity index is 1.98. The van der Waals surface area contributed by atoms with Crippen molar-refractivity contribution in [1.82, 2.24) is 10.2 Å². The van der Waals surface area contributed by atoms with E-state index in [2.05, 4.69) is 24.1 Å². The topological polar surface area (TPSA) is 15.3 Å². The number of hydrogen-bond acceptors (Lipinski definition) is 2. The summed E-state index contributed by atoms with van der Waals surface area (Å²) < 4.78 is 27.3. The molecule has 2 rings (SSSR count). The second-order valence-corrected chi connectivity index (χ2v) is 6.48. The molecule has 0 aromatic heterocycles. The van der Waals surface area contributed by atoms with Gasteiger partial charge in [0.15, 0.2) is 11.6 Å². The largest absolute Gasteiger partial charge is 0.313 e. The zero-order chi connectivity index (χ0) is 15.4. The Hall–Kier alpha value is -1.00. The van der Waals surface area contributed by atoms with Crippen LogP contribution in [0.1, 0.15) is 38.3 Å². The normalized spacial score (nSPS) is 25.0. The van der Waals surface area contributed by atoms with Crippen LogP contribution in [0.25, 0.3) is 0 Å². The van der Waals surface area contributed by atoms with Crippen molar-refractivity contribution in [3.05, 3.63) is 35.4 Å². The predicted octanol–water partition coefficient (Wildman–Crippen LogP) is 3.59. The first kappa shape index (κ1) is 16.4. The molecule has 0 saturated carbocycles. The maximum atomic E-state index is 13.9. The van der Waals surface area contributed by atoms with E-state index >= 15 is 0 Å². The zero-order valence-corrected chi connectivity index (χ0v) is 13.2. The molecule has 1 fully saturated rings.